The first-order valence-electron chi connectivity index (χ1n) is 10.1. The summed E-state index contributed by atoms with van der Waals surface area (Å²) in [4.78, 5) is 12.9. The van der Waals surface area contributed by atoms with E-state index < -0.39 is 22.0 Å². The summed E-state index contributed by atoms with van der Waals surface area (Å²) in [5, 5.41) is 3.09. The van der Waals surface area contributed by atoms with Crippen LogP contribution in [-0.4, -0.2) is 34.0 Å². The first-order chi connectivity index (χ1) is 15.4. The van der Waals surface area contributed by atoms with Crippen LogP contribution in [-0.2, 0) is 27.7 Å². The molecule has 0 aliphatic rings. The van der Waals surface area contributed by atoms with Gasteiger partial charge in [0, 0.05) is 11.6 Å². The molecule has 3 aromatic carbocycles. The third-order valence-corrected chi connectivity index (χ3v) is 6.60. The van der Waals surface area contributed by atoms with Crippen LogP contribution in [0.3, 0.4) is 0 Å². The molecule has 1 atom stereocenters. The lowest BCUT2D eigenvalue weighted by Gasteiger charge is -2.20. The van der Waals surface area contributed by atoms with E-state index in [1.165, 1.54) is 25.3 Å². The molecule has 3 rings (SSSR count). The van der Waals surface area contributed by atoms with Crippen molar-refractivity contribution in [2.45, 2.75) is 23.8 Å². The highest BCUT2D eigenvalue weighted by atomic mass is 35.5. The number of methoxy groups -OCH3 is 1. The fraction of sp³-hybridized carbons (Fsp3) is 0.208. The first-order valence-corrected chi connectivity index (χ1v) is 12.0. The number of rotatable bonds is 10. The molecule has 0 bridgehead atoms. The van der Waals surface area contributed by atoms with Crippen LogP contribution in [0.2, 0.25) is 5.02 Å². The number of carbonyl (C=O) groups excluding carboxylic acids is 1. The van der Waals surface area contributed by atoms with Gasteiger partial charge in [-0.2, -0.15) is 4.72 Å². The third-order valence-electron chi connectivity index (χ3n) is 4.87. The lowest BCUT2D eigenvalue weighted by molar-refractivity contribution is -0.122. The predicted molar refractivity (Wildman–Crippen MR) is 125 cm³/mol. The number of halogens is 1. The summed E-state index contributed by atoms with van der Waals surface area (Å²) < 4.78 is 34.0. The number of hydrogen-bond donors (Lipinski definition) is 2. The maximum Gasteiger partial charge on any atom is 0.245 e. The SMILES string of the molecule is COc1ccc(Cl)cc1S(=O)(=O)N[C@H](Cc1ccccc1)C(=O)NCCc1ccccc1. The zero-order valence-corrected chi connectivity index (χ0v) is 19.2. The van der Waals surface area contributed by atoms with E-state index in [2.05, 4.69) is 10.0 Å². The zero-order valence-electron chi connectivity index (χ0n) is 17.6. The van der Waals surface area contributed by atoms with Gasteiger partial charge in [-0.25, -0.2) is 8.42 Å². The molecule has 0 saturated heterocycles. The van der Waals surface area contributed by atoms with Crippen molar-refractivity contribution in [2.24, 2.45) is 0 Å². The molecular weight excluding hydrogens is 448 g/mol. The Bertz CT molecular complexity index is 1140. The van der Waals surface area contributed by atoms with Gasteiger partial charge < -0.3 is 10.1 Å². The van der Waals surface area contributed by atoms with Crippen molar-refractivity contribution in [3.05, 3.63) is 95.0 Å². The van der Waals surface area contributed by atoms with E-state index in [0.717, 1.165) is 11.1 Å². The molecule has 0 heterocycles. The fourth-order valence-electron chi connectivity index (χ4n) is 3.25. The van der Waals surface area contributed by atoms with E-state index in [4.69, 9.17) is 16.3 Å². The van der Waals surface area contributed by atoms with E-state index in [1.807, 2.05) is 60.7 Å². The van der Waals surface area contributed by atoms with Gasteiger partial charge in [0.1, 0.15) is 16.7 Å². The maximum atomic E-state index is 13.1. The van der Waals surface area contributed by atoms with Crippen LogP contribution in [0, 0.1) is 0 Å². The van der Waals surface area contributed by atoms with E-state index in [9.17, 15) is 13.2 Å². The van der Waals surface area contributed by atoms with Crippen LogP contribution >= 0.6 is 11.6 Å². The minimum Gasteiger partial charge on any atom is -0.495 e. The highest BCUT2D eigenvalue weighted by Gasteiger charge is 2.28. The van der Waals surface area contributed by atoms with Gasteiger partial charge in [-0.15, -0.1) is 0 Å². The van der Waals surface area contributed by atoms with Crippen LogP contribution in [0.5, 0.6) is 5.75 Å². The second-order valence-electron chi connectivity index (χ2n) is 7.19. The van der Waals surface area contributed by atoms with Gasteiger partial charge in [0.05, 0.1) is 7.11 Å². The molecule has 0 aliphatic heterocycles. The van der Waals surface area contributed by atoms with E-state index >= 15 is 0 Å². The lowest BCUT2D eigenvalue weighted by Crippen LogP contribution is -2.48. The summed E-state index contributed by atoms with van der Waals surface area (Å²) in [5.74, 6) is -0.265. The monoisotopic (exact) mass is 472 g/mol. The van der Waals surface area contributed by atoms with Gasteiger partial charge in [0.2, 0.25) is 15.9 Å². The summed E-state index contributed by atoms with van der Waals surface area (Å²) in [6.45, 7) is 0.385. The summed E-state index contributed by atoms with van der Waals surface area (Å²) in [7, 11) is -2.71. The molecule has 0 aliphatic carbocycles. The number of hydrogen-bond acceptors (Lipinski definition) is 4. The molecule has 0 fully saturated rings. The number of amides is 1. The van der Waals surface area contributed by atoms with Crippen LogP contribution < -0.4 is 14.8 Å². The van der Waals surface area contributed by atoms with Crippen LogP contribution in [0.1, 0.15) is 11.1 Å². The Morgan fingerprint density at radius 1 is 0.969 bits per heavy atom. The Morgan fingerprint density at radius 3 is 2.22 bits per heavy atom. The Balaban J connectivity index is 1.79. The molecule has 0 unspecified atom stereocenters. The number of ether oxygens (including phenoxy) is 1. The quantitative estimate of drug-likeness (QED) is 0.472. The largest absolute Gasteiger partial charge is 0.495 e. The number of benzene rings is 3. The van der Waals surface area contributed by atoms with Crippen molar-refractivity contribution in [1.29, 1.82) is 0 Å². The van der Waals surface area contributed by atoms with Gasteiger partial charge in [-0.3, -0.25) is 4.79 Å². The molecule has 0 saturated carbocycles. The molecule has 0 spiro atoms. The van der Waals surface area contributed by atoms with Crippen molar-refractivity contribution in [3.8, 4) is 5.75 Å². The van der Waals surface area contributed by atoms with Crippen LogP contribution in [0.25, 0.3) is 0 Å². The molecule has 32 heavy (non-hydrogen) atoms. The molecule has 3 aromatic rings. The Hall–Kier alpha value is -2.87. The molecule has 2 N–H and O–H groups in total. The molecule has 8 heteroatoms. The average Bonchev–Trinajstić information content (AvgIpc) is 2.80. The van der Waals surface area contributed by atoms with Gasteiger partial charge in [0.15, 0.2) is 0 Å². The summed E-state index contributed by atoms with van der Waals surface area (Å²) >= 11 is 6.01. The predicted octanol–water partition coefficient (Wildman–Crippen LogP) is 3.60. The Kier molecular flexibility index (Phi) is 8.27. The number of carbonyl (C=O) groups is 1. The third kappa shape index (κ3) is 6.56. The molecule has 0 radical (unpaired) electrons. The van der Waals surface area contributed by atoms with Crippen molar-refractivity contribution < 1.29 is 17.9 Å². The maximum absolute atomic E-state index is 13.1. The topological polar surface area (TPSA) is 84.5 Å². The standard InChI is InChI=1S/C24H25ClN2O4S/c1-31-22-13-12-20(25)17-23(22)32(29,30)27-21(16-19-10-6-3-7-11-19)24(28)26-15-14-18-8-4-2-5-9-18/h2-13,17,21,27H,14-16H2,1H3,(H,26,28)/t21-/m1/s1. The minimum absolute atomic E-state index is 0.123. The first kappa shape index (κ1) is 23.8. The van der Waals surface area contributed by atoms with E-state index in [1.54, 1.807) is 0 Å². The molecule has 6 nitrogen and oxygen atoms in total. The minimum atomic E-state index is -4.09. The highest BCUT2D eigenvalue weighted by molar-refractivity contribution is 7.89. The summed E-state index contributed by atoms with van der Waals surface area (Å²) in [6.07, 6.45) is 0.833. The second kappa shape index (κ2) is 11.1. The second-order valence-corrected chi connectivity index (χ2v) is 9.30. The van der Waals surface area contributed by atoms with Crippen molar-refractivity contribution in [3.63, 3.8) is 0 Å². The Morgan fingerprint density at radius 2 is 1.59 bits per heavy atom. The zero-order chi connectivity index (χ0) is 23.0. The number of sulfonamides is 1. The van der Waals surface area contributed by atoms with Gasteiger partial charge >= 0.3 is 0 Å². The molecule has 1 amide bonds. The highest BCUT2D eigenvalue weighted by Crippen LogP contribution is 2.27. The van der Waals surface area contributed by atoms with Gasteiger partial charge in [-0.1, -0.05) is 72.3 Å². The molecule has 0 aromatic heterocycles. The normalized spacial score (nSPS) is 12.2. The fourth-order valence-corrected chi connectivity index (χ4v) is 4.87. The smallest absolute Gasteiger partial charge is 0.245 e. The lowest BCUT2D eigenvalue weighted by atomic mass is 10.1. The number of nitrogens with one attached hydrogen (secondary N) is 2. The van der Waals surface area contributed by atoms with Crippen molar-refractivity contribution in [1.82, 2.24) is 10.0 Å². The van der Waals surface area contributed by atoms with Crippen LogP contribution in [0.15, 0.2) is 83.8 Å². The summed E-state index contributed by atoms with van der Waals surface area (Å²) in [5.41, 5.74) is 1.91. The van der Waals surface area contributed by atoms with E-state index in [0.29, 0.717) is 13.0 Å². The van der Waals surface area contributed by atoms with Crippen LogP contribution in [0.4, 0.5) is 0 Å². The average molecular weight is 473 g/mol. The summed E-state index contributed by atoms with van der Waals surface area (Å²) in [6, 6.07) is 22.3. The Labute approximate surface area is 193 Å². The van der Waals surface area contributed by atoms with E-state index in [-0.39, 0.29) is 22.1 Å². The van der Waals surface area contributed by atoms with Crippen molar-refractivity contribution in [2.75, 3.05) is 13.7 Å². The van der Waals surface area contributed by atoms with Gasteiger partial charge in [0.25, 0.3) is 0 Å². The molecule has 168 valence electrons. The van der Waals surface area contributed by atoms with Gasteiger partial charge in [-0.05, 0) is 42.2 Å². The van der Waals surface area contributed by atoms with Crippen molar-refractivity contribution >= 4 is 27.5 Å². The molecular formula is C24H25ClN2O4S.